The predicted octanol–water partition coefficient (Wildman–Crippen LogP) is 2.73. The van der Waals surface area contributed by atoms with E-state index in [9.17, 15) is 14.0 Å². The van der Waals surface area contributed by atoms with E-state index in [0.29, 0.717) is 22.6 Å². The molecule has 144 valence electrons. The molecule has 1 aliphatic rings. The van der Waals surface area contributed by atoms with Gasteiger partial charge in [0.15, 0.2) is 23.8 Å². The average Bonchev–Trinajstić information content (AvgIpc) is 3.07. The van der Waals surface area contributed by atoms with Crippen molar-refractivity contribution in [3.63, 3.8) is 0 Å². The lowest BCUT2D eigenvalue weighted by atomic mass is 10.1. The molecule has 0 atom stereocenters. The third-order valence-electron chi connectivity index (χ3n) is 3.78. The number of cyclic esters (lactones) is 1. The van der Waals surface area contributed by atoms with E-state index >= 15 is 0 Å². The lowest BCUT2D eigenvalue weighted by Crippen LogP contribution is -2.12. The first-order valence-corrected chi connectivity index (χ1v) is 8.16. The maximum atomic E-state index is 13.0. The van der Waals surface area contributed by atoms with E-state index in [1.807, 2.05) is 0 Å². The Kier molecular flexibility index (Phi) is 5.69. The van der Waals surface area contributed by atoms with Gasteiger partial charge in [0.2, 0.25) is 5.90 Å². The number of ether oxygens (including phenoxy) is 4. The summed E-state index contributed by atoms with van der Waals surface area (Å²) < 4.78 is 33.3. The normalized spacial score (nSPS) is 14.5. The van der Waals surface area contributed by atoms with Crippen LogP contribution in [-0.2, 0) is 19.1 Å². The molecule has 0 amide bonds. The smallest absolute Gasteiger partial charge is 0.363 e. The van der Waals surface area contributed by atoms with E-state index in [-0.39, 0.29) is 18.2 Å². The second-order valence-corrected chi connectivity index (χ2v) is 5.62. The van der Waals surface area contributed by atoms with Crippen molar-refractivity contribution in [1.29, 1.82) is 0 Å². The van der Waals surface area contributed by atoms with Gasteiger partial charge in [-0.2, -0.15) is 0 Å². The Morgan fingerprint density at radius 1 is 1.14 bits per heavy atom. The summed E-state index contributed by atoms with van der Waals surface area (Å²) in [6.07, 6.45) is 1.52. The molecular weight excluding hydrogens is 369 g/mol. The fourth-order valence-electron chi connectivity index (χ4n) is 2.37. The zero-order chi connectivity index (χ0) is 20.1. The number of esters is 2. The third-order valence-corrected chi connectivity index (χ3v) is 3.78. The molecule has 1 heterocycles. The highest BCUT2D eigenvalue weighted by atomic mass is 19.1. The monoisotopic (exact) mass is 385 g/mol. The van der Waals surface area contributed by atoms with Crippen molar-refractivity contribution < 1.29 is 32.9 Å². The van der Waals surface area contributed by atoms with Gasteiger partial charge in [-0.15, -0.1) is 0 Å². The fourth-order valence-corrected chi connectivity index (χ4v) is 2.37. The Balaban J connectivity index is 1.83. The minimum Gasteiger partial charge on any atom is -0.493 e. The van der Waals surface area contributed by atoms with Crippen LogP contribution in [0.15, 0.2) is 53.2 Å². The number of halogens is 1. The first-order chi connectivity index (χ1) is 13.5. The molecule has 0 N–H and O–H groups in total. The van der Waals surface area contributed by atoms with Gasteiger partial charge in [0, 0.05) is 5.56 Å². The van der Waals surface area contributed by atoms with Crippen LogP contribution in [0, 0.1) is 5.82 Å². The van der Waals surface area contributed by atoms with E-state index in [1.165, 1.54) is 44.6 Å². The summed E-state index contributed by atoms with van der Waals surface area (Å²) in [6.45, 7) is -0.259. The Labute approximate surface area is 160 Å². The van der Waals surface area contributed by atoms with Gasteiger partial charge in [0.1, 0.15) is 5.82 Å². The van der Waals surface area contributed by atoms with Crippen molar-refractivity contribution in [2.75, 3.05) is 20.8 Å². The molecule has 0 spiro atoms. The van der Waals surface area contributed by atoms with Gasteiger partial charge < -0.3 is 18.9 Å². The summed E-state index contributed by atoms with van der Waals surface area (Å²) in [5.74, 6) is -0.729. The molecular formula is C20H16FNO6. The van der Waals surface area contributed by atoms with Crippen LogP contribution in [0.3, 0.4) is 0 Å². The Bertz CT molecular complexity index is 965. The summed E-state index contributed by atoms with van der Waals surface area (Å²) in [5.41, 5.74) is 1.19. The number of benzene rings is 2. The molecule has 7 nitrogen and oxygen atoms in total. The van der Waals surface area contributed by atoms with Crippen LogP contribution in [0.4, 0.5) is 4.39 Å². The van der Waals surface area contributed by atoms with Crippen LogP contribution in [0.5, 0.6) is 11.5 Å². The highest BCUT2D eigenvalue weighted by Crippen LogP contribution is 2.29. The Hall–Kier alpha value is -3.68. The number of methoxy groups -OCH3 is 2. The minimum absolute atomic E-state index is 0.0876. The van der Waals surface area contributed by atoms with Gasteiger partial charge in [-0.05, 0) is 48.0 Å². The summed E-state index contributed by atoms with van der Waals surface area (Å²) in [5, 5.41) is 0. The summed E-state index contributed by atoms with van der Waals surface area (Å²) in [4.78, 5) is 27.4. The van der Waals surface area contributed by atoms with Crippen LogP contribution in [0.2, 0.25) is 0 Å². The number of aliphatic imine (C=N–C) groups is 1. The van der Waals surface area contributed by atoms with Gasteiger partial charge >= 0.3 is 11.9 Å². The molecule has 28 heavy (non-hydrogen) atoms. The molecule has 3 rings (SSSR count). The van der Waals surface area contributed by atoms with Gasteiger partial charge in [-0.1, -0.05) is 6.07 Å². The molecule has 0 radical (unpaired) electrons. The topological polar surface area (TPSA) is 83.4 Å². The SMILES string of the molecule is COC(=O)COc1ccc(/C=C2\N=C(c3ccc(F)cc3)OC2=O)cc1OC. The predicted molar refractivity (Wildman–Crippen MR) is 97.5 cm³/mol. The van der Waals surface area contributed by atoms with Crippen molar-refractivity contribution in [3.05, 3.63) is 65.1 Å². The van der Waals surface area contributed by atoms with Crippen LogP contribution in [0.25, 0.3) is 6.08 Å². The van der Waals surface area contributed by atoms with E-state index < -0.39 is 17.8 Å². The molecule has 0 bridgehead atoms. The van der Waals surface area contributed by atoms with Crippen LogP contribution in [0.1, 0.15) is 11.1 Å². The first kappa shape index (κ1) is 19.1. The average molecular weight is 385 g/mol. The minimum atomic E-state index is -0.621. The van der Waals surface area contributed by atoms with Crippen molar-refractivity contribution in [2.45, 2.75) is 0 Å². The molecule has 1 aliphatic heterocycles. The van der Waals surface area contributed by atoms with Crippen molar-refractivity contribution >= 4 is 23.9 Å². The Morgan fingerprint density at radius 2 is 1.89 bits per heavy atom. The highest BCUT2D eigenvalue weighted by molar-refractivity contribution is 6.12. The number of hydrogen-bond donors (Lipinski definition) is 0. The summed E-state index contributed by atoms with van der Waals surface area (Å²) >= 11 is 0. The maximum absolute atomic E-state index is 13.0. The zero-order valence-electron chi connectivity index (χ0n) is 15.1. The molecule has 2 aromatic carbocycles. The second-order valence-electron chi connectivity index (χ2n) is 5.62. The third kappa shape index (κ3) is 4.35. The van der Waals surface area contributed by atoms with Crippen LogP contribution < -0.4 is 9.47 Å². The standard InChI is InChI=1S/C20H16FNO6/c1-25-17-10-12(3-8-16(17)27-11-18(23)26-2)9-15-20(24)28-19(22-15)13-4-6-14(21)7-5-13/h3-10H,11H2,1-2H3/b15-9-. The van der Waals surface area contributed by atoms with E-state index in [4.69, 9.17) is 14.2 Å². The number of nitrogens with zero attached hydrogens (tertiary/aromatic N) is 1. The molecule has 0 fully saturated rings. The molecule has 0 aromatic heterocycles. The Morgan fingerprint density at radius 3 is 2.57 bits per heavy atom. The largest absolute Gasteiger partial charge is 0.493 e. The molecule has 0 saturated heterocycles. The van der Waals surface area contributed by atoms with Crippen LogP contribution in [-0.4, -0.2) is 38.7 Å². The lowest BCUT2D eigenvalue weighted by Gasteiger charge is -2.10. The summed E-state index contributed by atoms with van der Waals surface area (Å²) in [6, 6.07) is 10.3. The van der Waals surface area contributed by atoms with Crippen molar-refractivity contribution in [2.24, 2.45) is 4.99 Å². The number of rotatable bonds is 6. The lowest BCUT2D eigenvalue weighted by molar-refractivity contribution is -0.143. The molecule has 8 heteroatoms. The van der Waals surface area contributed by atoms with Gasteiger partial charge in [-0.25, -0.2) is 19.0 Å². The van der Waals surface area contributed by atoms with E-state index in [0.717, 1.165) is 0 Å². The zero-order valence-corrected chi connectivity index (χ0v) is 15.1. The van der Waals surface area contributed by atoms with Crippen molar-refractivity contribution in [1.82, 2.24) is 0 Å². The summed E-state index contributed by atoms with van der Waals surface area (Å²) in [7, 11) is 2.71. The molecule has 2 aromatic rings. The highest BCUT2D eigenvalue weighted by Gasteiger charge is 2.24. The molecule has 0 unspecified atom stereocenters. The molecule has 0 saturated carbocycles. The second kappa shape index (κ2) is 8.34. The van der Waals surface area contributed by atoms with Crippen molar-refractivity contribution in [3.8, 4) is 11.5 Å². The molecule has 0 aliphatic carbocycles. The number of carbonyl (C=O) groups excluding carboxylic acids is 2. The maximum Gasteiger partial charge on any atom is 0.363 e. The fraction of sp³-hybridized carbons (Fsp3) is 0.150. The number of carbonyl (C=O) groups is 2. The van der Waals surface area contributed by atoms with Gasteiger partial charge in [0.05, 0.1) is 14.2 Å². The van der Waals surface area contributed by atoms with E-state index in [1.54, 1.807) is 18.2 Å². The first-order valence-electron chi connectivity index (χ1n) is 8.16. The number of hydrogen-bond acceptors (Lipinski definition) is 7. The van der Waals surface area contributed by atoms with Gasteiger partial charge in [0.25, 0.3) is 0 Å². The van der Waals surface area contributed by atoms with Gasteiger partial charge in [-0.3, -0.25) is 0 Å². The van der Waals surface area contributed by atoms with E-state index in [2.05, 4.69) is 9.73 Å². The quantitative estimate of drug-likeness (QED) is 0.562. The van der Waals surface area contributed by atoms with Crippen LogP contribution >= 0.6 is 0 Å².